The summed E-state index contributed by atoms with van der Waals surface area (Å²) in [5.41, 5.74) is 3.09. The van der Waals surface area contributed by atoms with E-state index in [2.05, 4.69) is 35.4 Å². The number of hydrogen-bond acceptors (Lipinski definition) is 4. The average molecular weight is 476 g/mol. The van der Waals surface area contributed by atoms with Crippen LogP contribution >= 0.6 is 0 Å². The van der Waals surface area contributed by atoms with Gasteiger partial charge in [-0.2, -0.15) is 0 Å². The summed E-state index contributed by atoms with van der Waals surface area (Å²) < 4.78 is 10.6. The molecule has 2 fully saturated rings. The second-order valence-electron chi connectivity index (χ2n) is 9.56. The van der Waals surface area contributed by atoms with Gasteiger partial charge in [0.2, 0.25) is 5.91 Å². The lowest BCUT2D eigenvalue weighted by Crippen LogP contribution is -2.46. The highest BCUT2D eigenvalue weighted by Gasteiger charge is 2.33. The topological polar surface area (TPSA) is 74.9 Å². The van der Waals surface area contributed by atoms with Crippen LogP contribution in [-0.2, 0) is 4.79 Å². The lowest BCUT2D eigenvalue weighted by molar-refractivity contribution is -0.138. The van der Waals surface area contributed by atoms with E-state index in [9.17, 15) is 9.59 Å². The van der Waals surface area contributed by atoms with E-state index in [1.54, 1.807) is 32.4 Å². The van der Waals surface area contributed by atoms with Crippen molar-refractivity contribution in [3.8, 4) is 11.5 Å². The van der Waals surface area contributed by atoms with Gasteiger partial charge in [0.05, 0.1) is 14.2 Å². The van der Waals surface area contributed by atoms with Crippen molar-refractivity contribution in [3.05, 3.63) is 59.8 Å². The molecule has 2 aliphatic heterocycles. The first-order valence-corrected chi connectivity index (χ1v) is 12.4. The zero-order valence-corrected chi connectivity index (χ0v) is 20.5. The van der Waals surface area contributed by atoms with Crippen molar-refractivity contribution in [2.45, 2.75) is 31.6 Å². The molecule has 2 aliphatic rings. The molecule has 0 atom stereocenters. The summed E-state index contributed by atoms with van der Waals surface area (Å²) in [4.78, 5) is 33.6. The summed E-state index contributed by atoms with van der Waals surface area (Å²) >= 11 is 0. The molecule has 2 amide bonds. The molecule has 0 radical (unpaired) electrons. The van der Waals surface area contributed by atoms with Crippen LogP contribution in [0.5, 0.6) is 11.5 Å². The highest BCUT2D eigenvalue weighted by Crippen LogP contribution is 2.34. The highest BCUT2D eigenvalue weighted by molar-refractivity contribution is 5.95. The number of nitrogens with zero attached hydrogens (tertiary/aromatic N) is 2. The molecule has 3 heterocycles. The van der Waals surface area contributed by atoms with Gasteiger partial charge in [-0.05, 0) is 55.4 Å². The highest BCUT2D eigenvalue weighted by atomic mass is 16.5. The number of nitrogens with one attached hydrogen (secondary N) is 1. The summed E-state index contributed by atoms with van der Waals surface area (Å²) in [6.07, 6.45) is 5.52. The maximum Gasteiger partial charge on any atom is 0.254 e. The van der Waals surface area contributed by atoms with Crippen molar-refractivity contribution in [1.82, 2.24) is 14.8 Å². The molecule has 3 aromatic rings. The Labute approximate surface area is 206 Å². The predicted molar refractivity (Wildman–Crippen MR) is 135 cm³/mol. The molecule has 7 nitrogen and oxygen atoms in total. The maximum absolute atomic E-state index is 13.3. The third kappa shape index (κ3) is 4.72. The van der Waals surface area contributed by atoms with Gasteiger partial charge in [-0.3, -0.25) is 9.59 Å². The molecule has 35 heavy (non-hydrogen) atoms. The van der Waals surface area contributed by atoms with Crippen molar-refractivity contribution in [1.29, 1.82) is 0 Å². The third-order valence-corrected chi connectivity index (χ3v) is 7.60. The monoisotopic (exact) mass is 475 g/mol. The fourth-order valence-electron chi connectivity index (χ4n) is 5.54. The summed E-state index contributed by atoms with van der Waals surface area (Å²) in [5, 5.41) is 1.29. The van der Waals surface area contributed by atoms with E-state index in [1.807, 2.05) is 9.80 Å². The average Bonchev–Trinajstić information content (AvgIpc) is 3.36. The number of para-hydroxylation sites is 1. The Balaban J connectivity index is 1.15. The van der Waals surface area contributed by atoms with Gasteiger partial charge >= 0.3 is 0 Å². The Kier molecular flexibility index (Phi) is 6.66. The van der Waals surface area contributed by atoms with Crippen LogP contribution in [0.25, 0.3) is 10.9 Å². The number of carbonyl (C=O) groups excluding carboxylic acids is 2. The number of carbonyl (C=O) groups is 2. The fourth-order valence-corrected chi connectivity index (χ4v) is 5.54. The minimum Gasteiger partial charge on any atom is -0.497 e. The zero-order chi connectivity index (χ0) is 24.4. The number of hydrogen-bond donors (Lipinski definition) is 1. The van der Waals surface area contributed by atoms with Crippen molar-refractivity contribution >= 4 is 22.7 Å². The Morgan fingerprint density at radius 2 is 1.49 bits per heavy atom. The van der Waals surface area contributed by atoms with Crippen LogP contribution in [0, 0.1) is 5.92 Å². The van der Waals surface area contributed by atoms with Crippen molar-refractivity contribution in [3.63, 3.8) is 0 Å². The Morgan fingerprint density at radius 1 is 0.857 bits per heavy atom. The van der Waals surface area contributed by atoms with Crippen LogP contribution in [0.2, 0.25) is 0 Å². The molecule has 2 aromatic carbocycles. The molecule has 1 N–H and O–H groups in total. The molecule has 0 unspecified atom stereocenters. The van der Waals surface area contributed by atoms with E-state index >= 15 is 0 Å². The normalized spacial score (nSPS) is 17.5. The van der Waals surface area contributed by atoms with Gasteiger partial charge < -0.3 is 24.3 Å². The molecule has 0 bridgehead atoms. The maximum atomic E-state index is 13.3. The van der Waals surface area contributed by atoms with Gasteiger partial charge in [0.15, 0.2) is 0 Å². The Morgan fingerprint density at radius 3 is 2.14 bits per heavy atom. The van der Waals surface area contributed by atoms with Crippen LogP contribution in [0.3, 0.4) is 0 Å². The summed E-state index contributed by atoms with van der Waals surface area (Å²) in [7, 11) is 3.15. The number of rotatable bonds is 5. The lowest BCUT2D eigenvalue weighted by Gasteiger charge is -2.37. The van der Waals surface area contributed by atoms with E-state index in [0.29, 0.717) is 48.9 Å². The molecule has 0 spiro atoms. The molecular formula is C28H33N3O4. The molecular weight excluding hydrogens is 442 g/mol. The van der Waals surface area contributed by atoms with Crippen molar-refractivity contribution in [2.24, 2.45) is 5.92 Å². The van der Waals surface area contributed by atoms with Crippen molar-refractivity contribution in [2.75, 3.05) is 40.4 Å². The first kappa shape index (κ1) is 23.3. The first-order valence-electron chi connectivity index (χ1n) is 12.4. The number of methoxy groups -OCH3 is 2. The smallest absolute Gasteiger partial charge is 0.254 e. The van der Waals surface area contributed by atoms with Gasteiger partial charge in [-0.1, -0.05) is 18.2 Å². The van der Waals surface area contributed by atoms with Crippen molar-refractivity contribution < 1.29 is 19.1 Å². The van der Waals surface area contributed by atoms with Crippen LogP contribution < -0.4 is 9.47 Å². The fraction of sp³-hybridized carbons (Fsp3) is 0.429. The standard InChI is InChI=1S/C28H33N3O4/c1-34-22-15-21(16-23(17-22)35-2)28(33)31-13-9-20(10-14-31)27(32)30-11-7-19(8-12-30)25-18-29-26-6-4-3-5-24(25)26/h3-6,15-20,29H,7-14H2,1-2H3. The molecule has 2 saturated heterocycles. The van der Waals surface area contributed by atoms with Gasteiger partial charge in [-0.25, -0.2) is 0 Å². The summed E-state index contributed by atoms with van der Waals surface area (Å²) in [6.45, 7) is 2.76. The van der Waals surface area contributed by atoms with Gasteiger partial charge in [0, 0.05) is 60.8 Å². The van der Waals surface area contributed by atoms with Gasteiger partial charge in [0.1, 0.15) is 11.5 Å². The predicted octanol–water partition coefficient (Wildman–Crippen LogP) is 4.44. The lowest BCUT2D eigenvalue weighted by atomic mass is 9.88. The minimum absolute atomic E-state index is 0.0106. The van der Waals surface area contributed by atoms with Crippen LogP contribution in [0.15, 0.2) is 48.7 Å². The largest absolute Gasteiger partial charge is 0.497 e. The van der Waals surface area contributed by atoms with Gasteiger partial charge in [-0.15, -0.1) is 0 Å². The van der Waals surface area contributed by atoms with Crippen LogP contribution in [0.4, 0.5) is 0 Å². The number of fused-ring (bicyclic) bond motifs is 1. The number of amides is 2. The van der Waals surface area contributed by atoms with E-state index in [0.717, 1.165) is 25.9 Å². The molecule has 1 aromatic heterocycles. The third-order valence-electron chi connectivity index (χ3n) is 7.60. The number of aromatic amines is 1. The number of ether oxygens (including phenoxy) is 2. The van der Waals surface area contributed by atoms with E-state index in [-0.39, 0.29) is 17.7 Å². The quantitative estimate of drug-likeness (QED) is 0.592. The van der Waals surface area contributed by atoms with E-state index < -0.39 is 0 Å². The molecule has 0 saturated carbocycles. The van der Waals surface area contributed by atoms with Crippen LogP contribution in [-0.4, -0.2) is 67.0 Å². The summed E-state index contributed by atoms with van der Waals surface area (Å²) in [6, 6.07) is 13.6. The second kappa shape index (κ2) is 10.0. The van der Waals surface area contributed by atoms with Crippen LogP contribution in [0.1, 0.15) is 47.5 Å². The van der Waals surface area contributed by atoms with Gasteiger partial charge in [0.25, 0.3) is 5.91 Å². The number of benzene rings is 2. The molecule has 7 heteroatoms. The van der Waals surface area contributed by atoms with E-state index in [4.69, 9.17) is 9.47 Å². The number of piperidine rings is 2. The number of likely N-dealkylation sites (tertiary alicyclic amines) is 2. The SMILES string of the molecule is COc1cc(OC)cc(C(=O)N2CCC(C(=O)N3CCC(c4c[nH]c5ccccc45)CC3)CC2)c1. The molecule has 0 aliphatic carbocycles. The first-order chi connectivity index (χ1) is 17.1. The second-order valence-corrected chi connectivity index (χ2v) is 9.56. The minimum atomic E-state index is -0.0485. The Hall–Kier alpha value is -3.48. The number of aromatic nitrogens is 1. The molecule has 5 rings (SSSR count). The summed E-state index contributed by atoms with van der Waals surface area (Å²) in [5.74, 6) is 1.85. The molecule has 184 valence electrons. The van der Waals surface area contributed by atoms with E-state index in [1.165, 1.54) is 16.5 Å². The number of H-pyrrole nitrogens is 1. The zero-order valence-electron chi connectivity index (χ0n) is 20.5. The Bertz CT molecular complexity index is 1180.